The number of aromatic nitrogens is 2. The smallest absolute Gasteiger partial charge is 0.258 e. The molecule has 0 unspecified atom stereocenters. The molecule has 28 heavy (non-hydrogen) atoms. The number of morpholine rings is 1. The Bertz CT molecular complexity index is 1340. The topological polar surface area (TPSA) is 58.6 Å². The highest BCUT2D eigenvalue weighted by molar-refractivity contribution is 6.03. The lowest BCUT2D eigenvalue weighted by molar-refractivity contribution is 0.0779. The second-order valence-corrected chi connectivity index (χ2v) is 6.49. The van der Waals surface area contributed by atoms with E-state index in [9.17, 15) is 4.79 Å². The molecule has 1 saturated heterocycles. The molecule has 6 heteroatoms. The van der Waals surface area contributed by atoms with Gasteiger partial charge in [-0.05, 0) is 18.2 Å². The normalized spacial score (nSPS) is 28.1. The van der Waals surface area contributed by atoms with Gasteiger partial charge in [0.2, 0.25) is 0 Å². The molecule has 0 atom stereocenters. The number of fused-ring (bicyclic) bond motifs is 2. The van der Waals surface area contributed by atoms with Crippen molar-refractivity contribution >= 4 is 22.5 Å². The predicted molar refractivity (Wildman–Crippen MR) is 107 cm³/mol. The summed E-state index contributed by atoms with van der Waals surface area (Å²) in [5, 5.41) is 0.994. The van der Waals surface area contributed by atoms with Crippen LogP contribution in [0, 0.1) is 0 Å². The van der Waals surface area contributed by atoms with Crippen molar-refractivity contribution in [1.29, 1.82) is 0 Å². The SMILES string of the molecule is [2H]C1([2H])OC([2H])([2H])C([2H])([2H])N(c2ccnc3c2C(=O)N(CCc2ccc4ccccc4n2)C3)C1([2H])[2H]. The lowest BCUT2D eigenvalue weighted by Crippen LogP contribution is -2.37. The zero-order valence-corrected chi connectivity index (χ0v) is 14.8. The van der Waals surface area contributed by atoms with Crippen LogP contribution in [0.5, 0.6) is 0 Å². The molecular weight excluding hydrogens is 352 g/mol. The Balaban J connectivity index is 1.47. The van der Waals surface area contributed by atoms with Gasteiger partial charge in [0.25, 0.3) is 5.91 Å². The van der Waals surface area contributed by atoms with E-state index in [1.165, 1.54) is 17.2 Å². The fourth-order valence-corrected chi connectivity index (χ4v) is 3.43. The van der Waals surface area contributed by atoms with E-state index < -0.39 is 32.0 Å². The fourth-order valence-electron chi connectivity index (χ4n) is 3.43. The summed E-state index contributed by atoms with van der Waals surface area (Å²) in [6.07, 6.45) is 1.70. The van der Waals surface area contributed by atoms with Gasteiger partial charge in [-0.3, -0.25) is 14.8 Å². The van der Waals surface area contributed by atoms with Crippen molar-refractivity contribution in [3.8, 4) is 0 Å². The average molecular weight is 382 g/mol. The van der Waals surface area contributed by atoms with Gasteiger partial charge >= 0.3 is 0 Å². The lowest BCUT2D eigenvalue weighted by atomic mass is 10.1. The minimum Gasteiger partial charge on any atom is -0.378 e. The number of hydrogen-bond donors (Lipinski definition) is 0. The molecule has 142 valence electrons. The molecule has 0 aliphatic carbocycles. The number of nitrogens with zero attached hydrogens (tertiary/aromatic N) is 4. The molecular formula is C22H22N4O2. The van der Waals surface area contributed by atoms with Crippen molar-refractivity contribution in [1.82, 2.24) is 14.9 Å². The first-order valence-corrected chi connectivity index (χ1v) is 8.89. The van der Waals surface area contributed by atoms with E-state index in [-0.39, 0.29) is 30.0 Å². The van der Waals surface area contributed by atoms with Crippen molar-refractivity contribution in [3.05, 3.63) is 65.6 Å². The lowest BCUT2D eigenvalue weighted by Gasteiger charge is -2.30. The van der Waals surface area contributed by atoms with Gasteiger partial charge in [0, 0.05) is 43.2 Å². The Kier molecular flexibility index (Phi) is 2.71. The second-order valence-electron chi connectivity index (χ2n) is 6.49. The number of hydrogen-bond acceptors (Lipinski definition) is 5. The van der Waals surface area contributed by atoms with Crippen LogP contribution in [-0.2, 0) is 17.7 Å². The molecule has 1 amide bonds. The predicted octanol–water partition coefficient (Wildman–Crippen LogP) is 2.66. The Morgan fingerprint density at radius 1 is 1.11 bits per heavy atom. The van der Waals surface area contributed by atoms with Gasteiger partial charge < -0.3 is 14.5 Å². The van der Waals surface area contributed by atoms with Gasteiger partial charge in [0.05, 0.1) is 53.1 Å². The molecule has 2 aliphatic rings. The summed E-state index contributed by atoms with van der Waals surface area (Å²) in [6, 6.07) is 12.7. The summed E-state index contributed by atoms with van der Waals surface area (Å²) in [4.78, 5) is 24.0. The fraction of sp³-hybridized carbons (Fsp3) is 0.318. The van der Waals surface area contributed by atoms with Gasteiger partial charge in [-0.1, -0.05) is 24.3 Å². The van der Waals surface area contributed by atoms with Crippen LogP contribution in [0.2, 0.25) is 0 Å². The van der Waals surface area contributed by atoms with Crippen LogP contribution in [0.15, 0.2) is 48.7 Å². The molecule has 5 rings (SSSR count). The quantitative estimate of drug-likeness (QED) is 0.694. The number of benzene rings is 1. The zero-order valence-electron chi connectivity index (χ0n) is 22.8. The summed E-state index contributed by atoms with van der Waals surface area (Å²) in [5.41, 5.74) is 1.49. The van der Waals surface area contributed by atoms with Gasteiger partial charge in [0.15, 0.2) is 0 Å². The third-order valence-electron chi connectivity index (χ3n) is 4.80. The molecule has 2 aliphatic heterocycles. The minimum absolute atomic E-state index is 0.0890. The van der Waals surface area contributed by atoms with Crippen LogP contribution < -0.4 is 4.90 Å². The summed E-state index contributed by atoms with van der Waals surface area (Å²) in [5.74, 6) is -0.534. The van der Waals surface area contributed by atoms with Gasteiger partial charge in [-0.2, -0.15) is 0 Å². The summed E-state index contributed by atoms with van der Waals surface area (Å²) in [6.45, 7) is -12.4. The first kappa shape index (κ1) is 10.5. The summed E-state index contributed by atoms with van der Waals surface area (Å²) < 4.78 is 69.7. The van der Waals surface area contributed by atoms with E-state index in [2.05, 4.69) is 14.7 Å². The third-order valence-corrected chi connectivity index (χ3v) is 4.80. The third kappa shape index (κ3) is 3.10. The standard InChI is InChI=1S/C22H22N4O2/c27-22-21-19(23-9-7-20(21)25-11-13-28-14-12-25)15-26(22)10-8-17-6-5-16-3-1-2-4-18(16)24-17/h1-7,9H,8,10-15H2/i11D2,12D2,13D2,14D2. The number of ether oxygens (including phenoxy) is 1. The number of para-hydroxylation sites is 1. The first-order valence-electron chi connectivity index (χ1n) is 12.9. The highest BCUT2D eigenvalue weighted by Gasteiger charge is 2.32. The van der Waals surface area contributed by atoms with E-state index in [0.717, 1.165) is 16.6 Å². The van der Waals surface area contributed by atoms with E-state index in [0.29, 0.717) is 11.3 Å². The number of carbonyl (C=O) groups excluding carboxylic acids is 1. The summed E-state index contributed by atoms with van der Waals surface area (Å²) in [7, 11) is 0. The maximum Gasteiger partial charge on any atom is 0.258 e. The highest BCUT2D eigenvalue weighted by atomic mass is 16.5. The van der Waals surface area contributed by atoms with Crippen molar-refractivity contribution < 1.29 is 20.5 Å². The van der Waals surface area contributed by atoms with Gasteiger partial charge in [-0.15, -0.1) is 0 Å². The number of carbonyl (C=O) groups is 1. The average Bonchev–Trinajstić information content (AvgIpc) is 3.12. The number of amides is 1. The van der Waals surface area contributed by atoms with Crippen LogP contribution in [-0.4, -0.2) is 53.4 Å². The number of anilines is 1. The van der Waals surface area contributed by atoms with Crippen molar-refractivity contribution in [2.45, 2.75) is 13.0 Å². The van der Waals surface area contributed by atoms with Gasteiger partial charge in [-0.25, -0.2) is 0 Å². The monoisotopic (exact) mass is 382 g/mol. The maximum absolute atomic E-state index is 13.4. The van der Waals surface area contributed by atoms with Crippen molar-refractivity contribution in [2.75, 3.05) is 37.6 Å². The minimum atomic E-state index is -3.22. The molecule has 0 bridgehead atoms. The Morgan fingerprint density at radius 3 is 2.86 bits per heavy atom. The number of pyridine rings is 2. The van der Waals surface area contributed by atoms with Crippen LogP contribution >= 0.6 is 0 Å². The van der Waals surface area contributed by atoms with E-state index in [4.69, 9.17) is 11.0 Å². The molecule has 1 aromatic carbocycles. The first-order chi connectivity index (χ1) is 16.8. The van der Waals surface area contributed by atoms with Crippen LogP contribution in [0.1, 0.15) is 32.7 Å². The molecule has 0 spiro atoms. The van der Waals surface area contributed by atoms with E-state index >= 15 is 0 Å². The van der Waals surface area contributed by atoms with Gasteiger partial charge in [0.1, 0.15) is 0 Å². The molecule has 1 fully saturated rings. The van der Waals surface area contributed by atoms with E-state index in [1.54, 1.807) is 0 Å². The van der Waals surface area contributed by atoms with E-state index in [1.807, 2.05) is 36.4 Å². The maximum atomic E-state index is 13.4. The Hall–Kier alpha value is -2.99. The number of rotatable bonds is 4. The molecule has 3 aromatic rings. The molecule has 0 radical (unpaired) electrons. The largest absolute Gasteiger partial charge is 0.378 e. The van der Waals surface area contributed by atoms with Crippen LogP contribution in [0.3, 0.4) is 0 Å². The van der Waals surface area contributed by atoms with Crippen LogP contribution in [0.25, 0.3) is 10.9 Å². The Labute approximate surface area is 175 Å². The van der Waals surface area contributed by atoms with Crippen LogP contribution in [0.4, 0.5) is 5.69 Å². The highest BCUT2D eigenvalue weighted by Crippen LogP contribution is 2.30. The molecule has 0 saturated carbocycles. The van der Waals surface area contributed by atoms with Crippen molar-refractivity contribution in [2.24, 2.45) is 0 Å². The zero-order chi connectivity index (χ0) is 26.1. The van der Waals surface area contributed by atoms with Crippen molar-refractivity contribution in [3.63, 3.8) is 0 Å². The second kappa shape index (κ2) is 7.20. The molecule has 2 aromatic heterocycles. The summed E-state index contributed by atoms with van der Waals surface area (Å²) >= 11 is 0. The molecule has 6 nitrogen and oxygen atoms in total. The Morgan fingerprint density at radius 2 is 1.96 bits per heavy atom. The molecule has 4 heterocycles. The molecule has 0 N–H and O–H groups in total.